The van der Waals surface area contributed by atoms with Crippen molar-refractivity contribution in [3.05, 3.63) is 187 Å². The second kappa shape index (κ2) is 34.8. The number of thioether (sulfide) groups is 4. The number of carbonyl (C=O) groups excluding carboxylic acids is 2. The molecule has 6 aromatic carbocycles. The van der Waals surface area contributed by atoms with E-state index in [-0.39, 0.29) is 80.3 Å². The molecule has 3 N–H and O–H groups in total. The van der Waals surface area contributed by atoms with Crippen LogP contribution < -0.4 is 18.9 Å². The predicted octanol–water partition coefficient (Wildman–Crippen LogP) is 12.6. The molecule has 0 saturated carbocycles. The van der Waals surface area contributed by atoms with Crippen LogP contribution in [0.25, 0.3) is 0 Å². The second-order valence-corrected chi connectivity index (χ2v) is 27.1. The zero-order valence-corrected chi connectivity index (χ0v) is 54.3. The Balaban J connectivity index is 1.27. The second-order valence-electron chi connectivity index (χ2n) is 21.5. The van der Waals surface area contributed by atoms with E-state index < -0.39 is 18.2 Å². The lowest BCUT2D eigenvalue weighted by atomic mass is 9.87. The minimum absolute atomic E-state index is 0.112. The number of hydrogen-bond donors (Lipinski definition) is 3. The molecule has 0 aromatic heterocycles. The highest BCUT2D eigenvalue weighted by atomic mass is 32.2. The van der Waals surface area contributed by atoms with Crippen molar-refractivity contribution in [3.8, 4) is 23.0 Å². The number of carbonyl (C=O) groups is 2. The van der Waals surface area contributed by atoms with Gasteiger partial charge in [-0.1, -0.05) is 42.5 Å². The van der Waals surface area contributed by atoms with E-state index in [1.807, 2.05) is 70.2 Å². The van der Waals surface area contributed by atoms with E-state index in [0.29, 0.717) is 104 Å². The van der Waals surface area contributed by atoms with Crippen molar-refractivity contribution >= 4 is 58.8 Å². The number of ether oxygens (including phenoxy) is 9. The Morgan fingerprint density at radius 2 is 0.773 bits per heavy atom. The van der Waals surface area contributed by atoms with Crippen LogP contribution in [-0.2, 0) is 62.6 Å². The van der Waals surface area contributed by atoms with Crippen molar-refractivity contribution in [3.63, 3.8) is 0 Å². The van der Waals surface area contributed by atoms with Gasteiger partial charge in [-0.2, -0.15) is 0 Å². The normalized spacial score (nSPS) is 15.3. The molecule has 18 heteroatoms. The van der Waals surface area contributed by atoms with Gasteiger partial charge in [0, 0.05) is 63.2 Å². The SMILES string of the molecule is CCOCCOc1c2cc(CO)cc1Cc1cc(C(O)C3SCCCS3)cc(c1OCCOCC)Cc1cc(COC(=O)c3ccc(C(=O)c4ccccc4)cc3)cc(c1OCCOCC)Cc1cc(C(O)C3SCCCS3)cc(c1OCCOCC)C2. The molecule has 0 spiro atoms. The van der Waals surface area contributed by atoms with Gasteiger partial charge in [-0.25, -0.2) is 4.79 Å². The number of hydrogen-bond acceptors (Lipinski definition) is 18. The fourth-order valence-electron chi connectivity index (χ4n) is 11.2. The van der Waals surface area contributed by atoms with Crippen molar-refractivity contribution in [2.75, 3.05) is 102 Å². The Hall–Kier alpha value is -5.22. The predicted molar refractivity (Wildman–Crippen MR) is 353 cm³/mol. The van der Waals surface area contributed by atoms with E-state index in [9.17, 15) is 24.9 Å². The van der Waals surface area contributed by atoms with Crippen LogP contribution in [0.15, 0.2) is 103 Å². The maximum absolute atomic E-state index is 14.2. The van der Waals surface area contributed by atoms with Gasteiger partial charge in [0.15, 0.2) is 5.78 Å². The number of ketones is 1. The van der Waals surface area contributed by atoms with E-state index in [2.05, 4.69) is 24.3 Å². The molecule has 2 unspecified atom stereocenters. The van der Waals surface area contributed by atoms with E-state index in [4.69, 9.17) is 42.6 Å². The van der Waals surface area contributed by atoms with Crippen LogP contribution in [0.1, 0.15) is 146 Å². The largest absolute Gasteiger partial charge is 0.491 e. The number of aliphatic hydroxyl groups excluding tert-OH is 3. The monoisotopic (exact) mass is 1280 g/mol. The van der Waals surface area contributed by atoms with E-state index in [0.717, 1.165) is 91.5 Å². The first-order chi connectivity index (χ1) is 43.1. The van der Waals surface area contributed by atoms with Crippen molar-refractivity contribution < 1.29 is 67.5 Å². The molecule has 2 atom stereocenters. The fourth-order valence-corrected chi connectivity index (χ4v) is 17.0. The molecule has 472 valence electrons. The minimum Gasteiger partial charge on any atom is -0.491 e. The molecule has 14 nitrogen and oxygen atoms in total. The highest BCUT2D eigenvalue weighted by Crippen LogP contribution is 2.46. The van der Waals surface area contributed by atoms with Crippen LogP contribution >= 0.6 is 47.0 Å². The summed E-state index contributed by atoms with van der Waals surface area (Å²) in [6, 6.07) is 31.8. The van der Waals surface area contributed by atoms with Crippen LogP contribution in [0, 0.1) is 0 Å². The van der Waals surface area contributed by atoms with Crippen molar-refractivity contribution in [2.45, 2.75) is 101 Å². The Bertz CT molecular complexity index is 3070. The molecule has 2 fully saturated rings. The summed E-state index contributed by atoms with van der Waals surface area (Å²) in [7, 11) is 0. The molecule has 88 heavy (non-hydrogen) atoms. The maximum atomic E-state index is 14.2. The van der Waals surface area contributed by atoms with Crippen LogP contribution in [0.3, 0.4) is 0 Å². The average molecular weight is 1280 g/mol. The molecule has 2 saturated heterocycles. The summed E-state index contributed by atoms with van der Waals surface area (Å²) in [6.07, 6.45) is 1.50. The van der Waals surface area contributed by atoms with Crippen molar-refractivity contribution in [1.82, 2.24) is 0 Å². The zero-order valence-electron chi connectivity index (χ0n) is 51.1. The number of benzene rings is 6. The third-order valence-electron chi connectivity index (χ3n) is 15.2. The fraction of sp³-hybridized carbons (Fsp3) is 0.457. The van der Waals surface area contributed by atoms with Gasteiger partial charge in [0.05, 0.1) is 60.0 Å². The molecular weight excluding hydrogens is 1190 g/mol. The van der Waals surface area contributed by atoms with Crippen LogP contribution in [-0.4, -0.2) is 139 Å². The summed E-state index contributed by atoms with van der Waals surface area (Å²) in [5.41, 5.74) is 10.4. The molecule has 0 radical (unpaired) electrons. The molecular formula is C70H84O14S4. The Morgan fingerprint density at radius 1 is 0.443 bits per heavy atom. The first-order valence-corrected chi connectivity index (χ1v) is 35.0. The lowest BCUT2D eigenvalue weighted by Gasteiger charge is -2.29. The number of aliphatic hydroxyl groups is 3. The maximum Gasteiger partial charge on any atom is 0.338 e. The average Bonchev–Trinajstić information content (AvgIpc) is 1.55. The Kier molecular flexibility index (Phi) is 26.6. The van der Waals surface area contributed by atoms with Gasteiger partial charge in [0.25, 0.3) is 0 Å². The van der Waals surface area contributed by atoms with Gasteiger partial charge in [0.1, 0.15) is 56.0 Å². The molecule has 3 aliphatic rings. The molecule has 6 aromatic rings. The topological polar surface area (TPSA) is 178 Å². The number of esters is 1. The van der Waals surface area contributed by atoms with Crippen LogP contribution in [0.5, 0.6) is 23.0 Å². The number of rotatable bonds is 30. The molecule has 2 aliphatic heterocycles. The third-order valence-corrected chi connectivity index (χ3v) is 21.3. The highest BCUT2D eigenvalue weighted by molar-refractivity contribution is 8.18. The zero-order chi connectivity index (χ0) is 61.6. The standard InChI is InChI=1S/C70H84O14S4/c1-5-76-20-24-80-64-53-32-46(44-71)33-54(64)41-58-37-52(63(74)70-87-30-13-31-88-70)39-60(67(58)83-27-23-79-8-4)43-56-35-47(45-84-68(75)50-18-16-49(17-19-50)61(72)48-14-10-9-11-15-48)34-55(65(56)81-25-21-77-6-2)42-59-38-51(62(73)69-85-28-12-29-86-69)36-57(40-53)66(59)82-26-22-78-7-3/h9-11,14-19,32-39,62-63,69-71,73-74H,5-8,12-13,20-31,40-45H2,1-4H3. The van der Waals surface area contributed by atoms with Crippen molar-refractivity contribution in [2.24, 2.45) is 0 Å². The van der Waals surface area contributed by atoms with Crippen LogP contribution in [0.4, 0.5) is 0 Å². The van der Waals surface area contributed by atoms with E-state index in [1.165, 1.54) is 0 Å². The van der Waals surface area contributed by atoms with Crippen LogP contribution in [0.2, 0.25) is 0 Å². The van der Waals surface area contributed by atoms with E-state index in [1.54, 1.807) is 83.4 Å². The number of fused-ring (bicyclic) bond motifs is 8. The molecule has 8 bridgehead atoms. The van der Waals surface area contributed by atoms with Crippen molar-refractivity contribution in [1.29, 1.82) is 0 Å². The summed E-state index contributed by atoms with van der Waals surface area (Å²) in [5.74, 6) is 5.50. The molecule has 9 rings (SSSR count). The Morgan fingerprint density at radius 3 is 1.12 bits per heavy atom. The molecule has 1 aliphatic carbocycles. The van der Waals surface area contributed by atoms with Gasteiger partial charge in [0.2, 0.25) is 0 Å². The van der Waals surface area contributed by atoms with Gasteiger partial charge < -0.3 is 58.0 Å². The summed E-state index contributed by atoms with van der Waals surface area (Å²) < 4.78 is 57.4. The lowest BCUT2D eigenvalue weighted by molar-refractivity contribution is 0.0472. The summed E-state index contributed by atoms with van der Waals surface area (Å²) in [4.78, 5) is 27.5. The smallest absolute Gasteiger partial charge is 0.338 e. The van der Waals surface area contributed by atoms with Gasteiger partial charge >= 0.3 is 5.97 Å². The summed E-state index contributed by atoms with van der Waals surface area (Å²) in [6.45, 7) is 11.7. The van der Waals surface area contributed by atoms with Gasteiger partial charge in [-0.3, -0.25) is 4.79 Å². The third kappa shape index (κ3) is 18.3. The first kappa shape index (κ1) is 67.2. The van der Waals surface area contributed by atoms with Gasteiger partial charge in [-0.05, 0) is 191 Å². The van der Waals surface area contributed by atoms with Gasteiger partial charge in [-0.15, -0.1) is 47.0 Å². The molecule has 2 heterocycles. The quantitative estimate of drug-likeness (QED) is 0.0220. The first-order valence-electron chi connectivity index (χ1n) is 30.8. The summed E-state index contributed by atoms with van der Waals surface area (Å²) >= 11 is 7.06. The Labute approximate surface area is 535 Å². The lowest BCUT2D eigenvalue weighted by Crippen LogP contribution is -2.19. The van der Waals surface area contributed by atoms with E-state index >= 15 is 0 Å². The summed E-state index contributed by atoms with van der Waals surface area (Å²) in [5, 5.41) is 36.3. The minimum atomic E-state index is -0.841. The molecule has 0 amide bonds. The highest BCUT2D eigenvalue weighted by Gasteiger charge is 2.31.